The van der Waals surface area contributed by atoms with Crippen LogP contribution in [0.3, 0.4) is 0 Å². The zero-order chi connectivity index (χ0) is 29.4. The predicted octanol–water partition coefficient (Wildman–Crippen LogP) is 5.40. The molecule has 3 aromatic rings. The zero-order valence-corrected chi connectivity index (χ0v) is 24.5. The van der Waals surface area contributed by atoms with Gasteiger partial charge < -0.3 is 10.2 Å². The maximum absolute atomic E-state index is 14.6. The van der Waals surface area contributed by atoms with Crippen LogP contribution >= 0.6 is 0 Å². The third kappa shape index (κ3) is 7.47. The van der Waals surface area contributed by atoms with Gasteiger partial charge in [0.1, 0.15) is 18.4 Å². The molecule has 1 unspecified atom stereocenters. The smallest absolute Gasteiger partial charge is 0.264 e. The summed E-state index contributed by atoms with van der Waals surface area (Å²) >= 11 is 0. The van der Waals surface area contributed by atoms with Crippen LogP contribution < -0.4 is 9.62 Å². The summed E-state index contributed by atoms with van der Waals surface area (Å²) in [4.78, 5) is 28.0. The molecule has 1 atom stereocenters. The highest BCUT2D eigenvalue weighted by molar-refractivity contribution is 7.92. The molecule has 3 aromatic carbocycles. The highest BCUT2D eigenvalue weighted by Gasteiger charge is 2.32. The number of nitrogens with zero attached hydrogens (tertiary/aromatic N) is 2. The van der Waals surface area contributed by atoms with Gasteiger partial charge in [0.05, 0.1) is 10.6 Å². The van der Waals surface area contributed by atoms with Gasteiger partial charge in [-0.1, -0.05) is 68.8 Å². The highest BCUT2D eigenvalue weighted by Crippen LogP contribution is 2.27. The monoisotopic (exact) mass is 567 g/mol. The minimum atomic E-state index is -4.16. The third-order valence-corrected chi connectivity index (χ3v) is 8.54. The summed E-state index contributed by atoms with van der Waals surface area (Å²) in [5.74, 6) is -1.32. The van der Waals surface area contributed by atoms with Crippen LogP contribution in [0.4, 0.5) is 10.1 Å². The summed E-state index contributed by atoms with van der Waals surface area (Å²) in [5, 5.41) is 2.77. The molecule has 0 spiro atoms. The number of carbonyl (C=O) groups excluding carboxylic acids is 2. The molecule has 214 valence electrons. The highest BCUT2D eigenvalue weighted by atomic mass is 32.2. The standard InChI is InChI=1S/C31H38FN3O4S/c1-6-19-33-31(37)24(5)34(20-26-9-7-8-10-29(26)32)30(36)21-35(27-15-13-25(14-16-27)22(2)3)40(38,39)28-17-11-23(4)12-18-28/h7-18,22,24H,6,19-21H2,1-5H3,(H,33,37). The van der Waals surface area contributed by atoms with Crippen molar-refractivity contribution in [3.8, 4) is 0 Å². The van der Waals surface area contributed by atoms with Crippen molar-refractivity contribution < 1.29 is 22.4 Å². The molecule has 0 fully saturated rings. The number of sulfonamides is 1. The second-order valence-electron chi connectivity index (χ2n) is 10.2. The van der Waals surface area contributed by atoms with Gasteiger partial charge in [0.2, 0.25) is 11.8 Å². The third-order valence-electron chi connectivity index (χ3n) is 6.75. The molecule has 9 heteroatoms. The van der Waals surface area contributed by atoms with Crippen molar-refractivity contribution in [2.45, 2.75) is 64.4 Å². The van der Waals surface area contributed by atoms with Gasteiger partial charge in [-0.15, -0.1) is 0 Å². The van der Waals surface area contributed by atoms with Crippen molar-refractivity contribution in [1.82, 2.24) is 10.2 Å². The van der Waals surface area contributed by atoms with Gasteiger partial charge >= 0.3 is 0 Å². The normalized spacial score (nSPS) is 12.2. The summed E-state index contributed by atoms with van der Waals surface area (Å²) in [6, 6.07) is 18.4. The Kier molecular flexibility index (Phi) is 10.5. The molecule has 0 aromatic heterocycles. The van der Waals surface area contributed by atoms with Crippen LogP contribution in [0.15, 0.2) is 77.7 Å². The van der Waals surface area contributed by atoms with Gasteiger partial charge in [-0.25, -0.2) is 12.8 Å². The van der Waals surface area contributed by atoms with Crippen molar-refractivity contribution in [3.63, 3.8) is 0 Å². The molecular formula is C31H38FN3O4S. The van der Waals surface area contributed by atoms with E-state index in [0.29, 0.717) is 18.7 Å². The van der Waals surface area contributed by atoms with E-state index >= 15 is 0 Å². The largest absolute Gasteiger partial charge is 0.354 e. The second-order valence-corrected chi connectivity index (χ2v) is 12.0. The first-order valence-electron chi connectivity index (χ1n) is 13.5. The van der Waals surface area contributed by atoms with Crippen LogP contribution in [0.2, 0.25) is 0 Å². The number of rotatable bonds is 12. The summed E-state index contributed by atoms with van der Waals surface area (Å²) in [6.45, 7) is 9.03. The van der Waals surface area contributed by atoms with Crippen LogP contribution in [-0.2, 0) is 26.2 Å². The lowest BCUT2D eigenvalue weighted by molar-refractivity contribution is -0.139. The molecule has 0 aliphatic carbocycles. The number of benzene rings is 3. The number of halogens is 1. The molecule has 2 amide bonds. The van der Waals surface area contributed by atoms with Gasteiger partial charge in [0, 0.05) is 18.7 Å². The molecule has 0 saturated carbocycles. The number of hydrogen-bond acceptors (Lipinski definition) is 4. The molecular weight excluding hydrogens is 529 g/mol. The predicted molar refractivity (Wildman–Crippen MR) is 156 cm³/mol. The maximum atomic E-state index is 14.6. The fourth-order valence-electron chi connectivity index (χ4n) is 4.18. The minimum absolute atomic E-state index is 0.0354. The minimum Gasteiger partial charge on any atom is -0.354 e. The number of nitrogens with one attached hydrogen (secondary N) is 1. The fraction of sp³-hybridized carbons (Fsp3) is 0.355. The van der Waals surface area contributed by atoms with E-state index in [2.05, 4.69) is 5.32 Å². The maximum Gasteiger partial charge on any atom is 0.264 e. The molecule has 0 heterocycles. The molecule has 1 N–H and O–H groups in total. The van der Waals surface area contributed by atoms with Crippen molar-refractivity contribution in [2.75, 3.05) is 17.4 Å². The quantitative estimate of drug-likeness (QED) is 0.318. The molecule has 0 bridgehead atoms. The first kappa shape index (κ1) is 30.8. The molecule has 40 heavy (non-hydrogen) atoms. The summed E-state index contributed by atoms with van der Waals surface area (Å²) in [5.41, 5.74) is 2.45. The van der Waals surface area contributed by atoms with Gasteiger partial charge in [-0.3, -0.25) is 13.9 Å². The molecule has 3 rings (SSSR count). The van der Waals surface area contributed by atoms with E-state index in [-0.39, 0.29) is 22.9 Å². The van der Waals surface area contributed by atoms with E-state index in [1.807, 2.05) is 39.8 Å². The molecule has 0 aliphatic heterocycles. The van der Waals surface area contributed by atoms with Gasteiger partial charge in [0.15, 0.2) is 0 Å². The number of aryl methyl sites for hydroxylation is 1. The Morgan fingerprint density at radius 1 is 0.925 bits per heavy atom. The topological polar surface area (TPSA) is 86.8 Å². The van der Waals surface area contributed by atoms with Gasteiger partial charge in [0.25, 0.3) is 10.0 Å². The Labute approximate surface area is 237 Å². The number of hydrogen-bond donors (Lipinski definition) is 1. The van der Waals surface area contributed by atoms with E-state index in [0.717, 1.165) is 15.4 Å². The number of amides is 2. The summed E-state index contributed by atoms with van der Waals surface area (Å²) < 4.78 is 43.4. The van der Waals surface area contributed by atoms with Crippen LogP contribution in [0.25, 0.3) is 0 Å². The first-order chi connectivity index (χ1) is 18.9. The second kappa shape index (κ2) is 13.6. The average molecular weight is 568 g/mol. The molecule has 7 nitrogen and oxygen atoms in total. The molecule has 0 radical (unpaired) electrons. The van der Waals surface area contributed by atoms with Crippen molar-refractivity contribution in [1.29, 1.82) is 0 Å². The van der Waals surface area contributed by atoms with E-state index in [1.165, 1.54) is 29.2 Å². The SMILES string of the molecule is CCCNC(=O)C(C)N(Cc1ccccc1F)C(=O)CN(c1ccc(C(C)C)cc1)S(=O)(=O)c1ccc(C)cc1. The van der Waals surface area contributed by atoms with Crippen LogP contribution in [0.1, 0.15) is 56.7 Å². The van der Waals surface area contributed by atoms with E-state index < -0.39 is 40.2 Å². The van der Waals surface area contributed by atoms with Crippen molar-refractivity contribution in [2.24, 2.45) is 0 Å². The Bertz CT molecular complexity index is 1410. The Balaban J connectivity index is 2.04. The zero-order valence-electron chi connectivity index (χ0n) is 23.7. The lowest BCUT2D eigenvalue weighted by Gasteiger charge is -2.32. The molecule has 0 aliphatic rings. The Hall–Kier alpha value is -3.72. The van der Waals surface area contributed by atoms with Crippen molar-refractivity contribution >= 4 is 27.5 Å². The van der Waals surface area contributed by atoms with Crippen LogP contribution in [0, 0.1) is 12.7 Å². The average Bonchev–Trinajstić information content (AvgIpc) is 2.93. The van der Waals surface area contributed by atoms with E-state index in [1.54, 1.807) is 43.3 Å². The van der Waals surface area contributed by atoms with E-state index in [9.17, 15) is 22.4 Å². The van der Waals surface area contributed by atoms with Crippen LogP contribution in [0.5, 0.6) is 0 Å². The Morgan fingerprint density at radius 2 is 1.55 bits per heavy atom. The van der Waals surface area contributed by atoms with Gasteiger partial charge in [-0.05, 0) is 62.1 Å². The number of carbonyl (C=O) groups is 2. The Morgan fingerprint density at radius 3 is 2.12 bits per heavy atom. The molecule has 0 saturated heterocycles. The summed E-state index contributed by atoms with van der Waals surface area (Å²) in [7, 11) is -4.16. The lowest BCUT2D eigenvalue weighted by Crippen LogP contribution is -2.51. The first-order valence-corrected chi connectivity index (χ1v) is 14.9. The van der Waals surface area contributed by atoms with E-state index in [4.69, 9.17) is 0 Å². The number of anilines is 1. The lowest BCUT2D eigenvalue weighted by atomic mass is 10.0. The van der Waals surface area contributed by atoms with Gasteiger partial charge in [-0.2, -0.15) is 0 Å². The van der Waals surface area contributed by atoms with Crippen LogP contribution in [-0.4, -0.2) is 44.3 Å². The summed E-state index contributed by atoms with van der Waals surface area (Å²) in [6.07, 6.45) is 0.703. The fourth-order valence-corrected chi connectivity index (χ4v) is 5.59. The van der Waals surface area contributed by atoms with Crippen molar-refractivity contribution in [3.05, 3.63) is 95.3 Å².